The number of rotatable bonds is 6. The Kier molecular flexibility index (Phi) is 4.59. The van der Waals surface area contributed by atoms with Crippen LogP contribution in [0.3, 0.4) is 0 Å². The van der Waals surface area contributed by atoms with Crippen molar-refractivity contribution in [2.45, 2.75) is 20.3 Å². The van der Waals surface area contributed by atoms with Crippen LogP contribution in [-0.4, -0.2) is 27.5 Å². The second-order valence-corrected chi connectivity index (χ2v) is 4.26. The van der Waals surface area contributed by atoms with Crippen molar-refractivity contribution in [3.63, 3.8) is 0 Å². The summed E-state index contributed by atoms with van der Waals surface area (Å²) in [7, 11) is 0. The summed E-state index contributed by atoms with van der Waals surface area (Å²) in [5.74, 6) is -0.667. The lowest BCUT2D eigenvalue weighted by atomic mass is 10.1. The lowest BCUT2D eigenvalue weighted by molar-refractivity contribution is -0.384. The topological polar surface area (TPSA) is 105 Å². The number of aromatic carboxylic acids is 1. The van der Waals surface area contributed by atoms with E-state index in [1.807, 2.05) is 13.8 Å². The largest absolute Gasteiger partial charge is 0.478 e. The molecule has 0 saturated heterocycles. The molecule has 0 aliphatic rings. The SMILES string of the molecule is CC(C)CCNc1ncc(C(=O)O)cc1[N+](=O)[O-]. The highest BCUT2D eigenvalue weighted by Gasteiger charge is 2.18. The molecule has 0 radical (unpaired) electrons. The van der Waals surface area contributed by atoms with Crippen LogP contribution in [0.2, 0.25) is 0 Å². The number of pyridine rings is 1. The van der Waals surface area contributed by atoms with Crippen LogP contribution in [0.1, 0.15) is 30.6 Å². The zero-order valence-electron chi connectivity index (χ0n) is 10.2. The maximum Gasteiger partial charge on any atom is 0.337 e. The van der Waals surface area contributed by atoms with Gasteiger partial charge in [0.25, 0.3) is 0 Å². The zero-order valence-corrected chi connectivity index (χ0v) is 10.2. The van der Waals surface area contributed by atoms with Crippen molar-refractivity contribution >= 4 is 17.5 Å². The molecule has 1 heterocycles. The molecule has 0 unspecified atom stereocenters. The summed E-state index contributed by atoms with van der Waals surface area (Å²) < 4.78 is 0. The lowest BCUT2D eigenvalue weighted by Gasteiger charge is -2.08. The Labute approximate surface area is 104 Å². The number of carbonyl (C=O) groups is 1. The predicted molar refractivity (Wildman–Crippen MR) is 65.8 cm³/mol. The first kappa shape index (κ1) is 13.9. The van der Waals surface area contributed by atoms with Crippen molar-refractivity contribution in [2.24, 2.45) is 5.92 Å². The molecular formula is C11H15N3O4. The minimum Gasteiger partial charge on any atom is -0.478 e. The molecule has 18 heavy (non-hydrogen) atoms. The fourth-order valence-corrected chi connectivity index (χ4v) is 1.32. The highest BCUT2D eigenvalue weighted by atomic mass is 16.6. The van der Waals surface area contributed by atoms with Crippen LogP contribution in [0.5, 0.6) is 0 Å². The Morgan fingerprint density at radius 1 is 1.61 bits per heavy atom. The van der Waals surface area contributed by atoms with Crippen molar-refractivity contribution in [1.82, 2.24) is 4.98 Å². The molecule has 0 spiro atoms. The summed E-state index contributed by atoms with van der Waals surface area (Å²) in [6.45, 7) is 4.63. The number of hydrogen-bond acceptors (Lipinski definition) is 5. The van der Waals surface area contributed by atoms with E-state index in [-0.39, 0.29) is 17.1 Å². The normalized spacial score (nSPS) is 10.4. The molecule has 0 saturated carbocycles. The van der Waals surface area contributed by atoms with E-state index in [4.69, 9.17) is 5.11 Å². The molecule has 0 atom stereocenters. The fourth-order valence-electron chi connectivity index (χ4n) is 1.32. The van der Waals surface area contributed by atoms with Gasteiger partial charge in [-0.15, -0.1) is 0 Å². The predicted octanol–water partition coefficient (Wildman–Crippen LogP) is 2.15. The Morgan fingerprint density at radius 3 is 2.78 bits per heavy atom. The molecule has 1 rings (SSSR count). The highest BCUT2D eigenvalue weighted by molar-refractivity contribution is 5.88. The monoisotopic (exact) mass is 253 g/mol. The number of aromatic nitrogens is 1. The summed E-state index contributed by atoms with van der Waals surface area (Å²) in [6.07, 6.45) is 1.95. The smallest absolute Gasteiger partial charge is 0.337 e. The molecule has 0 aliphatic carbocycles. The average Bonchev–Trinajstić information content (AvgIpc) is 2.28. The van der Waals surface area contributed by atoms with E-state index in [0.717, 1.165) is 18.7 Å². The van der Waals surface area contributed by atoms with Crippen LogP contribution < -0.4 is 5.32 Å². The van der Waals surface area contributed by atoms with E-state index in [0.29, 0.717) is 12.5 Å². The van der Waals surface area contributed by atoms with E-state index < -0.39 is 10.9 Å². The van der Waals surface area contributed by atoms with Gasteiger partial charge in [-0.1, -0.05) is 13.8 Å². The van der Waals surface area contributed by atoms with Crippen LogP contribution in [0.25, 0.3) is 0 Å². The van der Waals surface area contributed by atoms with Crippen molar-refractivity contribution in [3.8, 4) is 0 Å². The third kappa shape index (κ3) is 3.69. The number of hydrogen-bond donors (Lipinski definition) is 2. The molecule has 2 N–H and O–H groups in total. The number of nitrogens with one attached hydrogen (secondary N) is 1. The van der Waals surface area contributed by atoms with E-state index >= 15 is 0 Å². The van der Waals surface area contributed by atoms with Gasteiger partial charge in [-0.05, 0) is 12.3 Å². The highest BCUT2D eigenvalue weighted by Crippen LogP contribution is 2.22. The van der Waals surface area contributed by atoms with Gasteiger partial charge in [-0.3, -0.25) is 10.1 Å². The molecule has 7 heteroatoms. The summed E-state index contributed by atoms with van der Waals surface area (Å²) in [6, 6.07) is 1.01. The van der Waals surface area contributed by atoms with E-state index in [1.54, 1.807) is 0 Å². The van der Waals surface area contributed by atoms with Crippen LogP contribution in [0, 0.1) is 16.0 Å². The fraction of sp³-hybridized carbons (Fsp3) is 0.455. The molecule has 98 valence electrons. The Hall–Kier alpha value is -2.18. The van der Waals surface area contributed by atoms with Gasteiger partial charge in [-0.25, -0.2) is 9.78 Å². The molecule has 0 bridgehead atoms. The Bertz CT molecular complexity index is 460. The standard InChI is InChI=1S/C11H15N3O4/c1-7(2)3-4-12-10-9(14(17)18)5-8(6-13-10)11(15)16/h5-7H,3-4H2,1-2H3,(H,12,13)(H,15,16). The van der Waals surface area contributed by atoms with Crippen molar-refractivity contribution in [1.29, 1.82) is 0 Å². The Morgan fingerprint density at radius 2 is 2.28 bits per heavy atom. The van der Waals surface area contributed by atoms with Crippen LogP contribution >= 0.6 is 0 Å². The van der Waals surface area contributed by atoms with Gasteiger partial charge in [0.1, 0.15) is 0 Å². The molecule has 0 fully saturated rings. The second-order valence-electron chi connectivity index (χ2n) is 4.26. The van der Waals surface area contributed by atoms with Crippen molar-refractivity contribution in [2.75, 3.05) is 11.9 Å². The van der Waals surface area contributed by atoms with Gasteiger partial charge in [0.05, 0.1) is 10.5 Å². The van der Waals surface area contributed by atoms with E-state index in [1.165, 1.54) is 0 Å². The number of anilines is 1. The molecule has 1 aromatic rings. The number of nitro groups is 1. The van der Waals surface area contributed by atoms with Gasteiger partial charge in [0, 0.05) is 18.8 Å². The first-order valence-electron chi connectivity index (χ1n) is 5.53. The summed E-state index contributed by atoms with van der Waals surface area (Å²) in [5.41, 5.74) is -0.519. The third-order valence-electron chi connectivity index (χ3n) is 2.33. The van der Waals surface area contributed by atoms with Crippen molar-refractivity contribution in [3.05, 3.63) is 27.9 Å². The molecule has 0 aromatic carbocycles. The average molecular weight is 253 g/mol. The van der Waals surface area contributed by atoms with Gasteiger partial charge < -0.3 is 10.4 Å². The van der Waals surface area contributed by atoms with Gasteiger partial charge in [0.2, 0.25) is 5.82 Å². The summed E-state index contributed by atoms with van der Waals surface area (Å²) >= 11 is 0. The second kappa shape index (κ2) is 5.95. The summed E-state index contributed by atoms with van der Waals surface area (Å²) in [5, 5.41) is 22.4. The first-order valence-corrected chi connectivity index (χ1v) is 5.53. The summed E-state index contributed by atoms with van der Waals surface area (Å²) in [4.78, 5) is 24.7. The van der Waals surface area contributed by atoms with Crippen LogP contribution in [0.15, 0.2) is 12.3 Å². The van der Waals surface area contributed by atoms with Crippen LogP contribution in [-0.2, 0) is 0 Å². The van der Waals surface area contributed by atoms with Gasteiger partial charge in [-0.2, -0.15) is 0 Å². The molecular weight excluding hydrogens is 238 g/mol. The maximum absolute atomic E-state index is 10.8. The minimum atomic E-state index is -1.24. The number of nitrogens with zero attached hydrogens (tertiary/aromatic N) is 2. The number of carboxylic acids is 1. The molecule has 1 aromatic heterocycles. The van der Waals surface area contributed by atoms with Gasteiger partial charge >= 0.3 is 11.7 Å². The number of carboxylic acid groups (broad SMARTS) is 1. The maximum atomic E-state index is 10.8. The van der Waals surface area contributed by atoms with Gasteiger partial charge in [0.15, 0.2) is 0 Å². The third-order valence-corrected chi connectivity index (χ3v) is 2.33. The van der Waals surface area contributed by atoms with Crippen LogP contribution in [0.4, 0.5) is 11.5 Å². The Balaban J connectivity index is 2.90. The van der Waals surface area contributed by atoms with Crippen molar-refractivity contribution < 1.29 is 14.8 Å². The molecule has 0 amide bonds. The zero-order chi connectivity index (χ0) is 13.7. The molecule has 0 aliphatic heterocycles. The van der Waals surface area contributed by atoms with E-state index in [9.17, 15) is 14.9 Å². The lowest BCUT2D eigenvalue weighted by Crippen LogP contribution is -2.09. The minimum absolute atomic E-state index is 0.102. The van der Waals surface area contributed by atoms with E-state index in [2.05, 4.69) is 10.3 Å². The molecule has 7 nitrogen and oxygen atoms in total. The first-order chi connectivity index (χ1) is 8.41. The quantitative estimate of drug-likeness (QED) is 0.594.